The summed E-state index contributed by atoms with van der Waals surface area (Å²) in [6.07, 6.45) is 0.716. The van der Waals surface area contributed by atoms with Gasteiger partial charge in [-0.3, -0.25) is 0 Å². The third-order valence-corrected chi connectivity index (χ3v) is 5.11. The number of carbonyl (C=O) groups is 1. The molecule has 0 amide bonds. The molecule has 0 bridgehead atoms. The first-order valence-electron chi connectivity index (χ1n) is 9.25. The zero-order chi connectivity index (χ0) is 20.1. The van der Waals surface area contributed by atoms with E-state index in [2.05, 4.69) is 19.1 Å². The average molecular weight is 376 g/mol. The fourth-order valence-corrected chi connectivity index (χ4v) is 3.58. The molecule has 28 heavy (non-hydrogen) atoms. The van der Waals surface area contributed by atoms with Crippen LogP contribution in [0.1, 0.15) is 52.2 Å². The third kappa shape index (κ3) is 4.17. The van der Waals surface area contributed by atoms with Crippen LogP contribution in [0.4, 0.5) is 0 Å². The van der Waals surface area contributed by atoms with Crippen molar-refractivity contribution >= 4 is 5.97 Å². The van der Waals surface area contributed by atoms with Crippen molar-refractivity contribution in [3.63, 3.8) is 0 Å². The van der Waals surface area contributed by atoms with Crippen molar-refractivity contribution in [2.45, 2.75) is 25.2 Å². The minimum absolute atomic E-state index is 0.150. The summed E-state index contributed by atoms with van der Waals surface area (Å²) in [5.74, 6) is -0.934. The molecule has 2 atom stereocenters. The molecule has 0 aliphatic carbocycles. The molecule has 3 aromatic rings. The van der Waals surface area contributed by atoms with Crippen molar-refractivity contribution in [1.29, 1.82) is 0 Å². The number of carboxylic acid groups (broad SMARTS) is 1. The molecule has 0 aliphatic rings. The van der Waals surface area contributed by atoms with Crippen molar-refractivity contribution in [3.05, 3.63) is 95.1 Å². The Bertz CT molecular complexity index is 936. The van der Waals surface area contributed by atoms with Crippen molar-refractivity contribution in [2.75, 3.05) is 7.11 Å². The maximum atomic E-state index is 11.6. The summed E-state index contributed by atoms with van der Waals surface area (Å²) in [4.78, 5) is 11.6. The molecule has 0 spiro atoms. The Morgan fingerprint density at radius 3 is 2.07 bits per heavy atom. The summed E-state index contributed by atoms with van der Waals surface area (Å²) >= 11 is 0. The van der Waals surface area contributed by atoms with Gasteiger partial charge in [0, 0.05) is 11.5 Å². The van der Waals surface area contributed by atoms with Crippen LogP contribution in [0.2, 0.25) is 0 Å². The predicted molar refractivity (Wildman–Crippen MR) is 109 cm³/mol. The first-order valence-corrected chi connectivity index (χ1v) is 9.25. The molecule has 144 valence electrons. The fourth-order valence-electron chi connectivity index (χ4n) is 3.58. The smallest absolute Gasteiger partial charge is 0.339 e. The highest BCUT2D eigenvalue weighted by molar-refractivity contribution is 5.92. The normalized spacial score (nSPS) is 12.9. The van der Waals surface area contributed by atoms with Crippen molar-refractivity contribution in [3.8, 4) is 11.5 Å². The Morgan fingerprint density at radius 1 is 0.964 bits per heavy atom. The van der Waals surface area contributed by atoms with E-state index in [9.17, 15) is 15.0 Å². The van der Waals surface area contributed by atoms with Gasteiger partial charge in [0.15, 0.2) is 0 Å². The van der Waals surface area contributed by atoms with Crippen molar-refractivity contribution in [2.24, 2.45) is 0 Å². The highest BCUT2D eigenvalue weighted by atomic mass is 16.5. The van der Waals surface area contributed by atoms with Crippen molar-refractivity contribution in [1.82, 2.24) is 0 Å². The van der Waals surface area contributed by atoms with E-state index < -0.39 is 5.97 Å². The van der Waals surface area contributed by atoms with Gasteiger partial charge in [-0.05, 0) is 35.6 Å². The van der Waals surface area contributed by atoms with E-state index in [1.165, 1.54) is 18.7 Å². The predicted octanol–water partition coefficient (Wildman–Crippen LogP) is 5.42. The molecule has 4 nitrogen and oxygen atoms in total. The largest absolute Gasteiger partial charge is 0.507 e. The number of phenols is 1. The van der Waals surface area contributed by atoms with E-state index in [4.69, 9.17) is 4.74 Å². The summed E-state index contributed by atoms with van der Waals surface area (Å²) in [5, 5.41) is 20.3. The maximum Gasteiger partial charge on any atom is 0.339 e. The topological polar surface area (TPSA) is 66.8 Å². The molecule has 3 aromatic carbocycles. The number of benzene rings is 3. The number of aromatic carboxylic acids is 1. The van der Waals surface area contributed by atoms with Gasteiger partial charge < -0.3 is 14.9 Å². The Balaban J connectivity index is 2.10. The molecular formula is C24H24O4. The van der Waals surface area contributed by atoms with Gasteiger partial charge in [0.05, 0.1) is 7.11 Å². The minimum Gasteiger partial charge on any atom is -0.507 e. The van der Waals surface area contributed by atoms with Crippen molar-refractivity contribution < 1.29 is 19.7 Å². The summed E-state index contributed by atoms with van der Waals surface area (Å²) in [7, 11) is 1.49. The van der Waals surface area contributed by atoms with Gasteiger partial charge in [0.25, 0.3) is 0 Å². The number of methoxy groups -OCH3 is 1. The lowest BCUT2D eigenvalue weighted by Gasteiger charge is -2.24. The lowest BCUT2D eigenvalue weighted by molar-refractivity contribution is 0.0693. The Kier molecular flexibility index (Phi) is 5.99. The molecule has 2 N–H and O–H groups in total. The van der Waals surface area contributed by atoms with Gasteiger partial charge >= 0.3 is 5.97 Å². The second-order valence-corrected chi connectivity index (χ2v) is 6.93. The molecule has 3 rings (SSSR count). The fraction of sp³-hybridized carbons (Fsp3) is 0.208. The standard InChI is InChI=1S/C24H24O4/c1-16(17-9-5-3-6-10-17)13-20(18-11-7-4-8-12-18)21-14-19(28-2)15-22(23(21)25)24(26)27/h3-12,14-16,20,25H,13H2,1-2H3,(H,26,27). The SMILES string of the molecule is COc1cc(C(=O)O)c(O)c(C(CC(C)c2ccccc2)c2ccccc2)c1. The zero-order valence-electron chi connectivity index (χ0n) is 16.0. The number of carboxylic acids is 1. The quantitative estimate of drug-likeness (QED) is 0.577. The van der Waals surface area contributed by atoms with E-state index >= 15 is 0 Å². The monoisotopic (exact) mass is 376 g/mol. The Hall–Kier alpha value is -3.27. The first-order chi connectivity index (χ1) is 13.5. The van der Waals surface area contributed by atoms with Crippen LogP contribution in [-0.2, 0) is 0 Å². The number of hydrogen-bond donors (Lipinski definition) is 2. The van der Waals surface area contributed by atoms with E-state index in [-0.39, 0.29) is 23.1 Å². The van der Waals surface area contributed by atoms with Crippen LogP contribution in [0.15, 0.2) is 72.8 Å². The lowest BCUT2D eigenvalue weighted by atomic mass is 9.81. The number of ether oxygens (including phenoxy) is 1. The second-order valence-electron chi connectivity index (χ2n) is 6.93. The lowest BCUT2D eigenvalue weighted by Crippen LogP contribution is -2.09. The Morgan fingerprint density at radius 2 is 1.54 bits per heavy atom. The molecule has 0 fully saturated rings. The number of hydrogen-bond acceptors (Lipinski definition) is 3. The van der Waals surface area contributed by atoms with Crippen LogP contribution < -0.4 is 4.74 Å². The van der Waals surface area contributed by atoms with Crippen LogP contribution in [0, 0.1) is 0 Å². The molecule has 2 unspecified atom stereocenters. The summed E-state index contributed by atoms with van der Waals surface area (Å²) in [6.45, 7) is 2.14. The molecule has 4 heteroatoms. The maximum absolute atomic E-state index is 11.6. The zero-order valence-corrected chi connectivity index (χ0v) is 16.0. The van der Waals surface area contributed by atoms with Crippen LogP contribution in [-0.4, -0.2) is 23.3 Å². The minimum atomic E-state index is -1.18. The molecule has 0 saturated carbocycles. The highest BCUT2D eigenvalue weighted by Crippen LogP contribution is 2.41. The third-order valence-electron chi connectivity index (χ3n) is 5.11. The summed E-state index contributed by atoms with van der Waals surface area (Å²) in [6, 6.07) is 23.1. The van der Waals surface area contributed by atoms with Gasteiger partial charge in [-0.2, -0.15) is 0 Å². The average Bonchev–Trinajstić information content (AvgIpc) is 2.73. The molecule has 0 aromatic heterocycles. The number of rotatable bonds is 7. The van der Waals surface area contributed by atoms with Crippen LogP contribution in [0.25, 0.3) is 0 Å². The van der Waals surface area contributed by atoms with Gasteiger partial charge in [0.2, 0.25) is 0 Å². The summed E-state index contributed by atoms with van der Waals surface area (Å²) in [5.41, 5.74) is 2.63. The molecule has 0 radical (unpaired) electrons. The van der Waals surface area contributed by atoms with Gasteiger partial charge in [-0.25, -0.2) is 4.79 Å². The molecule has 0 heterocycles. The molecular weight excluding hydrogens is 352 g/mol. The van der Waals surface area contributed by atoms with Crippen LogP contribution in [0.3, 0.4) is 0 Å². The Labute approximate surface area is 165 Å². The van der Waals surface area contributed by atoms with E-state index in [0.29, 0.717) is 17.7 Å². The van der Waals surface area contributed by atoms with E-state index in [1.54, 1.807) is 6.07 Å². The number of aromatic hydroxyl groups is 1. The van der Waals surface area contributed by atoms with E-state index in [1.807, 2.05) is 48.5 Å². The van der Waals surface area contributed by atoms with Gasteiger partial charge in [-0.15, -0.1) is 0 Å². The van der Waals surface area contributed by atoms with Crippen LogP contribution >= 0.6 is 0 Å². The summed E-state index contributed by atoms with van der Waals surface area (Å²) < 4.78 is 5.30. The highest BCUT2D eigenvalue weighted by Gasteiger charge is 2.25. The van der Waals surface area contributed by atoms with E-state index in [0.717, 1.165) is 5.56 Å². The molecule has 0 aliphatic heterocycles. The van der Waals surface area contributed by atoms with Crippen LogP contribution in [0.5, 0.6) is 11.5 Å². The molecule has 0 saturated heterocycles. The first kappa shape index (κ1) is 19.5. The van der Waals surface area contributed by atoms with Gasteiger partial charge in [-0.1, -0.05) is 67.6 Å². The second kappa shape index (κ2) is 8.61. The van der Waals surface area contributed by atoms with Gasteiger partial charge in [0.1, 0.15) is 17.1 Å².